The average Bonchev–Trinajstić information content (AvgIpc) is 3.32. The second-order valence-corrected chi connectivity index (χ2v) is 6.79. The molecule has 4 rings (SSSR count). The fraction of sp³-hybridized carbons (Fsp3) is 0.300. The Morgan fingerprint density at radius 1 is 1.25 bits per heavy atom. The van der Waals surface area contributed by atoms with Gasteiger partial charge in [-0.3, -0.25) is 14.1 Å². The van der Waals surface area contributed by atoms with E-state index in [1.54, 1.807) is 17.0 Å². The number of urea groups is 1. The molecule has 3 aromatic rings. The number of fused-ring (bicyclic) bond motifs is 1. The van der Waals surface area contributed by atoms with E-state index in [-0.39, 0.29) is 11.9 Å². The summed E-state index contributed by atoms with van der Waals surface area (Å²) in [5.74, 6) is 0.731. The number of aromatic nitrogens is 3. The van der Waals surface area contributed by atoms with Crippen LogP contribution in [0.1, 0.15) is 28.2 Å². The van der Waals surface area contributed by atoms with Crippen LogP contribution >= 0.6 is 0 Å². The second kappa shape index (κ2) is 7.67. The summed E-state index contributed by atoms with van der Waals surface area (Å²) in [5.41, 5.74) is 3.11. The van der Waals surface area contributed by atoms with Gasteiger partial charge in [0.15, 0.2) is 5.65 Å². The summed E-state index contributed by atoms with van der Waals surface area (Å²) >= 11 is 0. The van der Waals surface area contributed by atoms with Crippen molar-refractivity contribution in [3.63, 3.8) is 0 Å². The molecule has 8 nitrogen and oxygen atoms in total. The molecule has 3 heterocycles. The normalized spacial score (nSPS) is 13.8. The number of nitrogens with zero attached hydrogens (tertiary/aromatic N) is 4. The van der Waals surface area contributed by atoms with Gasteiger partial charge in [0.1, 0.15) is 5.82 Å². The minimum atomic E-state index is -0.146. The first-order valence-corrected chi connectivity index (χ1v) is 9.36. The van der Waals surface area contributed by atoms with E-state index in [0.717, 1.165) is 35.6 Å². The predicted octanol–water partition coefficient (Wildman–Crippen LogP) is 1.93. The van der Waals surface area contributed by atoms with Crippen molar-refractivity contribution in [1.82, 2.24) is 25.2 Å². The molecule has 144 valence electrons. The minimum Gasteiger partial charge on any atom is -0.352 e. The summed E-state index contributed by atoms with van der Waals surface area (Å²) in [7, 11) is 0. The topological polar surface area (TPSA) is 91.6 Å². The largest absolute Gasteiger partial charge is 0.352 e. The molecule has 1 aliphatic rings. The van der Waals surface area contributed by atoms with E-state index in [2.05, 4.69) is 20.8 Å². The Balaban J connectivity index is 1.35. The van der Waals surface area contributed by atoms with Crippen LogP contribution < -0.4 is 15.5 Å². The molecule has 8 heteroatoms. The fourth-order valence-corrected chi connectivity index (χ4v) is 3.35. The van der Waals surface area contributed by atoms with E-state index in [0.29, 0.717) is 25.2 Å². The van der Waals surface area contributed by atoms with Gasteiger partial charge in [0, 0.05) is 43.5 Å². The monoisotopic (exact) mass is 378 g/mol. The first-order valence-electron chi connectivity index (χ1n) is 9.36. The first-order chi connectivity index (χ1) is 13.6. The number of pyridine rings is 1. The van der Waals surface area contributed by atoms with E-state index in [1.807, 2.05) is 41.8 Å². The minimum absolute atomic E-state index is 0.124. The molecule has 0 spiro atoms. The summed E-state index contributed by atoms with van der Waals surface area (Å²) in [4.78, 5) is 26.1. The Morgan fingerprint density at radius 2 is 2.14 bits per heavy atom. The Morgan fingerprint density at radius 3 is 2.96 bits per heavy atom. The number of aryl methyl sites for hydroxylation is 2. The lowest BCUT2D eigenvalue weighted by Gasteiger charge is -2.18. The van der Waals surface area contributed by atoms with Crippen LogP contribution in [0.15, 0.2) is 42.6 Å². The molecule has 0 aliphatic carbocycles. The smallest absolute Gasteiger partial charge is 0.322 e. The van der Waals surface area contributed by atoms with Gasteiger partial charge in [-0.15, -0.1) is 10.2 Å². The van der Waals surface area contributed by atoms with Gasteiger partial charge in [0.2, 0.25) is 0 Å². The number of hydrogen-bond acceptors (Lipinski definition) is 4. The quantitative estimate of drug-likeness (QED) is 0.641. The molecule has 2 N–H and O–H groups in total. The highest BCUT2D eigenvalue weighted by Crippen LogP contribution is 2.23. The maximum atomic E-state index is 12.5. The second-order valence-electron chi connectivity index (χ2n) is 6.79. The molecule has 0 saturated carbocycles. The zero-order chi connectivity index (χ0) is 19.5. The number of nitrogens with one attached hydrogen (secondary N) is 2. The fourth-order valence-electron chi connectivity index (χ4n) is 3.35. The molecule has 0 unspecified atom stereocenters. The van der Waals surface area contributed by atoms with Gasteiger partial charge in [0.25, 0.3) is 5.91 Å². The molecule has 1 fully saturated rings. The maximum Gasteiger partial charge on any atom is 0.322 e. The van der Waals surface area contributed by atoms with Crippen molar-refractivity contribution in [2.75, 3.05) is 24.5 Å². The highest BCUT2D eigenvalue weighted by atomic mass is 16.2. The number of rotatable bonds is 6. The molecule has 1 saturated heterocycles. The molecule has 0 bridgehead atoms. The Kier molecular flexibility index (Phi) is 4.92. The van der Waals surface area contributed by atoms with Crippen molar-refractivity contribution in [3.05, 3.63) is 59.5 Å². The molecule has 3 amide bonds. The van der Waals surface area contributed by atoms with Gasteiger partial charge in [-0.2, -0.15) is 0 Å². The van der Waals surface area contributed by atoms with E-state index < -0.39 is 0 Å². The van der Waals surface area contributed by atoms with Crippen molar-refractivity contribution in [3.8, 4) is 0 Å². The molecule has 1 aromatic carbocycles. The van der Waals surface area contributed by atoms with Crippen LogP contribution in [0, 0.1) is 6.92 Å². The number of amides is 3. The van der Waals surface area contributed by atoms with Crippen molar-refractivity contribution in [2.24, 2.45) is 0 Å². The lowest BCUT2D eigenvalue weighted by molar-refractivity contribution is 0.0953. The zero-order valence-corrected chi connectivity index (χ0v) is 15.7. The van der Waals surface area contributed by atoms with E-state index in [4.69, 9.17) is 0 Å². The molecule has 0 radical (unpaired) electrons. The van der Waals surface area contributed by atoms with Crippen LogP contribution in [-0.4, -0.2) is 46.2 Å². The SMILES string of the molecule is Cc1ccc(C(=O)NCCCc2nnc3ccccn23)cc1N1CCNC1=O. The summed E-state index contributed by atoms with van der Waals surface area (Å²) in [6.07, 6.45) is 3.42. The number of benzene rings is 1. The molecule has 1 aliphatic heterocycles. The summed E-state index contributed by atoms with van der Waals surface area (Å²) in [6.45, 7) is 3.70. The summed E-state index contributed by atoms with van der Waals surface area (Å²) in [6, 6.07) is 11.1. The maximum absolute atomic E-state index is 12.5. The van der Waals surface area contributed by atoms with Gasteiger partial charge < -0.3 is 10.6 Å². The Hall–Kier alpha value is -3.42. The zero-order valence-electron chi connectivity index (χ0n) is 15.7. The third kappa shape index (κ3) is 3.53. The third-order valence-corrected chi connectivity index (χ3v) is 4.87. The summed E-state index contributed by atoms with van der Waals surface area (Å²) in [5, 5.41) is 14.1. The Bertz CT molecular complexity index is 1030. The molecular formula is C20H22N6O2. The lowest BCUT2D eigenvalue weighted by Crippen LogP contribution is -2.29. The van der Waals surface area contributed by atoms with Crippen molar-refractivity contribution < 1.29 is 9.59 Å². The molecule has 2 aromatic heterocycles. The van der Waals surface area contributed by atoms with Crippen molar-refractivity contribution in [1.29, 1.82) is 0 Å². The van der Waals surface area contributed by atoms with Crippen LogP contribution in [0.3, 0.4) is 0 Å². The van der Waals surface area contributed by atoms with E-state index >= 15 is 0 Å². The van der Waals surface area contributed by atoms with Gasteiger partial charge >= 0.3 is 6.03 Å². The van der Waals surface area contributed by atoms with Gasteiger partial charge in [-0.1, -0.05) is 12.1 Å². The number of carbonyl (C=O) groups is 2. The standard InChI is InChI=1S/C20H22N6O2/c1-14-7-8-15(13-16(14)25-12-10-22-20(25)28)19(27)21-9-4-6-18-24-23-17-5-2-3-11-26(17)18/h2-3,5,7-8,11,13H,4,6,9-10,12H2,1H3,(H,21,27)(H,22,28). The predicted molar refractivity (Wildman–Crippen MR) is 106 cm³/mol. The Labute approximate surface area is 162 Å². The lowest BCUT2D eigenvalue weighted by atomic mass is 10.1. The number of carbonyl (C=O) groups excluding carboxylic acids is 2. The van der Waals surface area contributed by atoms with Gasteiger partial charge in [0.05, 0.1) is 0 Å². The number of hydrogen-bond donors (Lipinski definition) is 2. The molecule has 0 atom stereocenters. The molecular weight excluding hydrogens is 356 g/mol. The average molecular weight is 378 g/mol. The van der Waals surface area contributed by atoms with Crippen molar-refractivity contribution in [2.45, 2.75) is 19.8 Å². The van der Waals surface area contributed by atoms with E-state index in [1.165, 1.54) is 0 Å². The van der Waals surface area contributed by atoms with Crippen LogP contribution in [0.25, 0.3) is 5.65 Å². The summed E-state index contributed by atoms with van der Waals surface area (Å²) < 4.78 is 1.95. The first kappa shape index (κ1) is 18.0. The van der Waals surface area contributed by atoms with Crippen molar-refractivity contribution >= 4 is 23.3 Å². The third-order valence-electron chi connectivity index (χ3n) is 4.87. The van der Waals surface area contributed by atoms with Crippen LogP contribution in [0.4, 0.5) is 10.5 Å². The van der Waals surface area contributed by atoms with Gasteiger partial charge in [-0.05, 0) is 43.2 Å². The highest BCUT2D eigenvalue weighted by molar-refractivity contribution is 5.99. The van der Waals surface area contributed by atoms with E-state index in [9.17, 15) is 9.59 Å². The van der Waals surface area contributed by atoms with Gasteiger partial charge in [-0.25, -0.2) is 4.79 Å². The highest BCUT2D eigenvalue weighted by Gasteiger charge is 2.23. The van der Waals surface area contributed by atoms with Crippen LogP contribution in [0.5, 0.6) is 0 Å². The van der Waals surface area contributed by atoms with Crippen LogP contribution in [-0.2, 0) is 6.42 Å². The number of anilines is 1. The van der Waals surface area contributed by atoms with Crippen LogP contribution in [0.2, 0.25) is 0 Å². The molecule has 28 heavy (non-hydrogen) atoms.